The molecule has 1 fully saturated rings. The van der Waals surface area contributed by atoms with Crippen molar-refractivity contribution in [3.05, 3.63) is 42.7 Å². The molecule has 1 N–H and O–H groups in total. The molecule has 3 heterocycles. The molecule has 0 aliphatic carbocycles. The highest BCUT2D eigenvalue weighted by atomic mass is 16.2. The van der Waals surface area contributed by atoms with Gasteiger partial charge in [-0.3, -0.25) is 24.2 Å². The van der Waals surface area contributed by atoms with E-state index in [1.54, 1.807) is 47.5 Å². The predicted molar refractivity (Wildman–Crippen MR) is 81.0 cm³/mol. The molecule has 0 radical (unpaired) electrons. The highest BCUT2D eigenvalue weighted by Gasteiger charge is 2.51. The summed E-state index contributed by atoms with van der Waals surface area (Å²) in [5, 5.41) is 6.72. The highest BCUT2D eigenvalue weighted by molar-refractivity contribution is 5.92. The molecular formula is C15H18N6O2. The van der Waals surface area contributed by atoms with Gasteiger partial charge < -0.3 is 10.2 Å². The summed E-state index contributed by atoms with van der Waals surface area (Å²) in [5.41, 5.74) is -0.613. The summed E-state index contributed by atoms with van der Waals surface area (Å²) in [6.07, 6.45) is 9.23. The fraction of sp³-hybridized carbons (Fsp3) is 0.400. The first kappa shape index (κ1) is 15.1. The monoisotopic (exact) mass is 314 g/mol. The predicted octanol–water partition coefficient (Wildman–Crippen LogP) is -0.0630. The minimum atomic E-state index is -1.10. The van der Waals surface area contributed by atoms with Crippen LogP contribution in [0.15, 0.2) is 37.1 Å². The Labute approximate surface area is 133 Å². The molecule has 0 aromatic carbocycles. The van der Waals surface area contributed by atoms with E-state index in [0.717, 1.165) is 6.42 Å². The Kier molecular flexibility index (Phi) is 4.05. The van der Waals surface area contributed by atoms with Crippen LogP contribution >= 0.6 is 0 Å². The molecule has 8 nitrogen and oxygen atoms in total. The Morgan fingerprint density at radius 1 is 1.35 bits per heavy atom. The zero-order chi connectivity index (χ0) is 16.3. The maximum atomic E-state index is 12.8. The molecule has 8 heteroatoms. The number of amides is 2. The number of likely N-dealkylation sites (N-methyl/N-ethyl adjacent to an activating group) is 1. The lowest BCUT2D eigenvalue weighted by atomic mass is 9.90. The van der Waals surface area contributed by atoms with Gasteiger partial charge in [0.05, 0.1) is 11.9 Å². The summed E-state index contributed by atoms with van der Waals surface area (Å²) >= 11 is 0. The Morgan fingerprint density at radius 2 is 2.22 bits per heavy atom. The second-order valence-corrected chi connectivity index (χ2v) is 5.38. The molecule has 1 aliphatic heterocycles. The van der Waals surface area contributed by atoms with Crippen molar-refractivity contribution in [1.29, 1.82) is 0 Å². The number of hydrogen-bond donors (Lipinski definition) is 1. The van der Waals surface area contributed by atoms with Gasteiger partial charge in [-0.05, 0) is 18.9 Å². The van der Waals surface area contributed by atoms with Crippen molar-refractivity contribution in [3.8, 4) is 0 Å². The number of rotatable bonds is 4. The Hall–Kier alpha value is -2.77. The number of nitrogens with zero attached hydrogens (tertiary/aromatic N) is 5. The molecule has 1 aliphatic rings. The van der Waals surface area contributed by atoms with Crippen molar-refractivity contribution < 1.29 is 9.59 Å². The smallest absolute Gasteiger partial charge is 0.252 e. The van der Waals surface area contributed by atoms with Crippen molar-refractivity contribution in [2.45, 2.75) is 24.9 Å². The van der Waals surface area contributed by atoms with Crippen molar-refractivity contribution >= 4 is 11.8 Å². The lowest BCUT2D eigenvalue weighted by molar-refractivity contribution is -0.146. The van der Waals surface area contributed by atoms with E-state index in [0.29, 0.717) is 18.7 Å². The minimum absolute atomic E-state index is 0.0893. The van der Waals surface area contributed by atoms with E-state index in [2.05, 4.69) is 20.4 Å². The fourth-order valence-electron chi connectivity index (χ4n) is 3.11. The Bertz CT molecular complexity index is 687. The molecule has 23 heavy (non-hydrogen) atoms. The van der Waals surface area contributed by atoms with Crippen LogP contribution in [-0.4, -0.2) is 50.1 Å². The van der Waals surface area contributed by atoms with Gasteiger partial charge in [0.25, 0.3) is 5.91 Å². The van der Waals surface area contributed by atoms with E-state index in [-0.39, 0.29) is 18.4 Å². The van der Waals surface area contributed by atoms with E-state index in [9.17, 15) is 9.59 Å². The summed E-state index contributed by atoms with van der Waals surface area (Å²) in [5.74, 6) is -0.412. The second kappa shape index (κ2) is 6.15. The van der Waals surface area contributed by atoms with Crippen LogP contribution in [0.2, 0.25) is 0 Å². The maximum Gasteiger partial charge on any atom is 0.252 e. The zero-order valence-electron chi connectivity index (χ0n) is 12.8. The molecule has 2 aromatic heterocycles. The highest BCUT2D eigenvalue weighted by Crippen LogP contribution is 2.38. The van der Waals surface area contributed by atoms with Crippen molar-refractivity contribution in [2.75, 3.05) is 13.6 Å². The number of likely N-dealkylation sites (tertiary alicyclic amines) is 1. The van der Waals surface area contributed by atoms with Gasteiger partial charge in [-0.1, -0.05) is 0 Å². The Balaban J connectivity index is 1.97. The van der Waals surface area contributed by atoms with Gasteiger partial charge >= 0.3 is 0 Å². The van der Waals surface area contributed by atoms with E-state index in [1.165, 1.54) is 6.20 Å². The van der Waals surface area contributed by atoms with Crippen LogP contribution < -0.4 is 5.32 Å². The van der Waals surface area contributed by atoms with Gasteiger partial charge in [-0.15, -0.1) is 0 Å². The first-order valence-corrected chi connectivity index (χ1v) is 7.45. The minimum Gasteiger partial charge on any atom is -0.357 e. The van der Waals surface area contributed by atoms with Crippen LogP contribution in [0, 0.1) is 0 Å². The summed E-state index contributed by atoms with van der Waals surface area (Å²) in [4.78, 5) is 35.4. The molecule has 3 rings (SSSR count). The zero-order valence-corrected chi connectivity index (χ0v) is 12.8. The van der Waals surface area contributed by atoms with Gasteiger partial charge in [0.15, 0.2) is 5.54 Å². The number of aromatic nitrogens is 4. The summed E-state index contributed by atoms with van der Waals surface area (Å²) in [6, 6.07) is 1.76. The molecule has 0 bridgehead atoms. The number of nitrogens with one attached hydrogen (secondary N) is 1. The summed E-state index contributed by atoms with van der Waals surface area (Å²) in [7, 11) is 1.56. The van der Waals surface area contributed by atoms with Gasteiger partial charge in [-0.2, -0.15) is 5.10 Å². The van der Waals surface area contributed by atoms with Crippen LogP contribution in [0.1, 0.15) is 18.5 Å². The third-order valence-electron chi connectivity index (χ3n) is 4.13. The second-order valence-electron chi connectivity index (χ2n) is 5.38. The van der Waals surface area contributed by atoms with Gasteiger partial charge in [0, 0.05) is 38.4 Å². The van der Waals surface area contributed by atoms with Crippen LogP contribution in [0.3, 0.4) is 0 Å². The van der Waals surface area contributed by atoms with Crippen LogP contribution in [0.5, 0.6) is 0 Å². The van der Waals surface area contributed by atoms with E-state index in [4.69, 9.17) is 0 Å². The quantitative estimate of drug-likeness (QED) is 0.853. The summed E-state index contributed by atoms with van der Waals surface area (Å²) in [6.45, 7) is 0.593. The molecule has 1 unspecified atom stereocenters. The standard InChI is InChI=1S/C15H18N6O2/c1-16-14(23)15(12-10-17-6-7-18-12)4-2-9-21(15)13(22)11-20-8-3-5-19-20/h3,5-8,10H,2,4,9,11H2,1H3,(H,16,23). The van der Waals surface area contributed by atoms with Gasteiger partial charge in [-0.25, -0.2) is 0 Å². The van der Waals surface area contributed by atoms with Crippen molar-refractivity contribution in [3.63, 3.8) is 0 Å². The van der Waals surface area contributed by atoms with E-state index < -0.39 is 5.54 Å². The Morgan fingerprint density at radius 3 is 2.87 bits per heavy atom. The third-order valence-corrected chi connectivity index (χ3v) is 4.13. The number of carbonyl (C=O) groups excluding carboxylic acids is 2. The topological polar surface area (TPSA) is 93.0 Å². The number of carbonyl (C=O) groups is 2. The molecular weight excluding hydrogens is 296 g/mol. The molecule has 1 atom stereocenters. The molecule has 1 saturated heterocycles. The molecule has 2 amide bonds. The van der Waals surface area contributed by atoms with Gasteiger partial charge in [0.2, 0.25) is 5.91 Å². The van der Waals surface area contributed by atoms with Crippen molar-refractivity contribution in [2.24, 2.45) is 0 Å². The molecule has 0 saturated carbocycles. The fourth-order valence-corrected chi connectivity index (χ4v) is 3.11. The van der Waals surface area contributed by atoms with Crippen LogP contribution in [0.25, 0.3) is 0 Å². The average molecular weight is 314 g/mol. The summed E-state index contributed by atoms with van der Waals surface area (Å²) < 4.78 is 1.55. The largest absolute Gasteiger partial charge is 0.357 e. The third kappa shape index (κ3) is 2.56. The van der Waals surface area contributed by atoms with Crippen LogP contribution in [-0.2, 0) is 21.7 Å². The van der Waals surface area contributed by atoms with Crippen molar-refractivity contribution in [1.82, 2.24) is 30.0 Å². The van der Waals surface area contributed by atoms with Crippen LogP contribution in [0.4, 0.5) is 0 Å². The van der Waals surface area contributed by atoms with Gasteiger partial charge in [0.1, 0.15) is 6.54 Å². The maximum absolute atomic E-state index is 12.8. The molecule has 120 valence electrons. The molecule has 0 spiro atoms. The first-order chi connectivity index (χ1) is 11.2. The first-order valence-electron chi connectivity index (χ1n) is 7.45. The lowest BCUT2D eigenvalue weighted by Crippen LogP contribution is -2.55. The lowest BCUT2D eigenvalue weighted by Gasteiger charge is -2.36. The number of hydrogen-bond acceptors (Lipinski definition) is 5. The average Bonchev–Trinajstić information content (AvgIpc) is 3.24. The normalized spacial score (nSPS) is 20.5. The van der Waals surface area contributed by atoms with E-state index in [1.807, 2.05) is 0 Å². The van der Waals surface area contributed by atoms with E-state index >= 15 is 0 Å². The SMILES string of the molecule is CNC(=O)C1(c2cnccn2)CCCN1C(=O)Cn1cccn1. The molecule has 2 aromatic rings.